The summed E-state index contributed by atoms with van der Waals surface area (Å²) >= 11 is 12.0. The summed E-state index contributed by atoms with van der Waals surface area (Å²) in [7, 11) is 0. The van der Waals surface area contributed by atoms with Gasteiger partial charge in [-0.3, -0.25) is 4.79 Å². The monoisotopic (exact) mass is 382 g/mol. The zero-order valence-electron chi connectivity index (χ0n) is 13.9. The lowest BCUT2D eigenvalue weighted by molar-refractivity contribution is 0.104. The van der Waals surface area contributed by atoms with Crippen molar-refractivity contribution in [2.75, 3.05) is 0 Å². The van der Waals surface area contributed by atoms with Crippen molar-refractivity contribution in [1.82, 2.24) is 0 Å². The Hall–Kier alpha value is -2.55. The molecule has 0 spiro atoms. The Kier molecular flexibility index (Phi) is 6.11. The molecule has 0 N–H and O–H groups in total. The molecular formula is C22H16Cl2O2. The normalized spacial score (nSPS) is 10.8. The van der Waals surface area contributed by atoms with Crippen LogP contribution in [0.2, 0.25) is 10.0 Å². The van der Waals surface area contributed by atoms with Crippen molar-refractivity contribution >= 4 is 35.1 Å². The SMILES string of the molecule is O=C(/C=C/c1ccccc1)c1ccc(OCc2ccc(Cl)cc2Cl)cc1. The van der Waals surface area contributed by atoms with Crippen LogP contribution in [-0.4, -0.2) is 5.78 Å². The van der Waals surface area contributed by atoms with E-state index in [9.17, 15) is 4.79 Å². The van der Waals surface area contributed by atoms with Gasteiger partial charge in [0.1, 0.15) is 12.4 Å². The Bertz CT molecular complexity index is 917. The van der Waals surface area contributed by atoms with E-state index < -0.39 is 0 Å². The molecule has 3 rings (SSSR count). The molecule has 0 amide bonds. The summed E-state index contributed by atoms with van der Waals surface area (Å²) in [5.74, 6) is 0.612. The van der Waals surface area contributed by atoms with E-state index in [0.29, 0.717) is 28.0 Å². The fourth-order valence-electron chi connectivity index (χ4n) is 2.35. The number of rotatable bonds is 6. The van der Waals surface area contributed by atoms with E-state index in [2.05, 4.69) is 0 Å². The van der Waals surface area contributed by atoms with Crippen molar-refractivity contribution in [1.29, 1.82) is 0 Å². The molecule has 0 radical (unpaired) electrons. The minimum absolute atomic E-state index is 0.0545. The summed E-state index contributed by atoms with van der Waals surface area (Å²) in [5.41, 5.74) is 2.44. The summed E-state index contributed by atoms with van der Waals surface area (Å²) in [5, 5.41) is 1.15. The van der Waals surface area contributed by atoms with Gasteiger partial charge in [-0.25, -0.2) is 0 Å². The van der Waals surface area contributed by atoms with Crippen LogP contribution in [-0.2, 0) is 6.61 Å². The quantitative estimate of drug-likeness (QED) is 0.360. The molecular weight excluding hydrogens is 367 g/mol. The Morgan fingerprint density at radius 1 is 0.923 bits per heavy atom. The van der Waals surface area contributed by atoms with Gasteiger partial charge in [-0.2, -0.15) is 0 Å². The highest BCUT2D eigenvalue weighted by atomic mass is 35.5. The smallest absolute Gasteiger partial charge is 0.185 e. The topological polar surface area (TPSA) is 26.3 Å². The van der Waals surface area contributed by atoms with Gasteiger partial charge in [0, 0.05) is 21.2 Å². The van der Waals surface area contributed by atoms with Crippen LogP contribution in [0, 0.1) is 0 Å². The molecule has 0 aliphatic carbocycles. The van der Waals surface area contributed by atoms with Gasteiger partial charge in [-0.05, 0) is 48.0 Å². The van der Waals surface area contributed by atoms with Gasteiger partial charge in [-0.1, -0.05) is 65.7 Å². The third-order valence-electron chi connectivity index (χ3n) is 3.78. The van der Waals surface area contributed by atoms with Gasteiger partial charge in [0.05, 0.1) is 0 Å². The van der Waals surface area contributed by atoms with Crippen molar-refractivity contribution in [2.45, 2.75) is 6.61 Å². The van der Waals surface area contributed by atoms with Crippen LogP contribution in [0.15, 0.2) is 78.9 Å². The fraction of sp³-hybridized carbons (Fsp3) is 0.0455. The predicted molar refractivity (Wildman–Crippen MR) is 107 cm³/mol. The molecule has 0 aliphatic rings. The molecule has 2 nitrogen and oxygen atoms in total. The van der Waals surface area contributed by atoms with E-state index in [1.165, 1.54) is 0 Å². The molecule has 0 bridgehead atoms. The van der Waals surface area contributed by atoms with Gasteiger partial charge >= 0.3 is 0 Å². The second-order valence-electron chi connectivity index (χ2n) is 5.66. The zero-order valence-corrected chi connectivity index (χ0v) is 15.4. The molecule has 3 aromatic rings. The average Bonchev–Trinajstić information content (AvgIpc) is 2.67. The Labute approximate surface area is 162 Å². The Balaban J connectivity index is 1.61. The van der Waals surface area contributed by atoms with E-state index in [4.69, 9.17) is 27.9 Å². The number of allylic oxidation sites excluding steroid dienone is 1. The Morgan fingerprint density at radius 2 is 1.65 bits per heavy atom. The largest absolute Gasteiger partial charge is 0.489 e. The lowest BCUT2D eigenvalue weighted by atomic mass is 10.1. The first-order valence-electron chi connectivity index (χ1n) is 8.06. The number of halogens is 2. The van der Waals surface area contributed by atoms with Crippen molar-refractivity contribution in [2.24, 2.45) is 0 Å². The van der Waals surface area contributed by atoms with Crippen LogP contribution in [0.3, 0.4) is 0 Å². The van der Waals surface area contributed by atoms with Crippen LogP contribution in [0.25, 0.3) is 6.08 Å². The Morgan fingerprint density at radius 3 is 2.35 bits per heavy atom. The molecule has 0 aromatic heterocycles. The van der Waals surface area contributed by atoms with E-state index in [1.54, 1.807) is 48.6 Å². The minimum atomic E-state index is -0.0545. The van der Waals surface area contributed by atoms with Crippen LogP contribution in [0.5, 0.6) is 5.75 Å². The third-order valence-corrected chi connectivity index (χ3v) is 4.36. The first kappa shape index (κ1) is 18.2. The predicted octanol–water partition coefficient (Wildman–Crippen LogP) is 6.47. The minimum Gasteiger partial charge on any atom is -0.489 e. The second-order valence-corrected chi connectivity index (χ2v) is 6.50. The van der Waals surface area contributed by atoms with Gasteiger partial charge in [-0.15, -0.1) is 0 Å². The van der Waals surface area contributed by atoms with Gasteiger partial charge < -0.3 is 4.74 Å². The van der Waals surface area contributed by atoms with Crippen LogP contribution in [0.1, 0.15) is 21.5 Å². The third kappa shape index (κ3) is 4.98. The number of carbonyl (C=O) groups excluding carboxylic acids is 1. The maximum absolute atomic E-state index is 12.2. The van der Waals surface area contributed by atoms with Crippen LogP contribution in [0.4, 0.5) is 0 Å². The number of benzene rings is 3. The molecule has 0 saturated carbocycles. The number of ether oxygens (including phenoxy) is 1. The first-order valence-corrected chi connectivity index (χ1v) is 8.82. The lowest BCUT2D eigenvalue weighted by Crippen LogP contribution is -1.98. The number of hydrogen-bond donors (Lipinski definition) is 0. The fourth-order valence-corrected chi connectivity index (χ4v) is 2.81. The van der Waals surface area contributed by atoms with Crippen molar-refractivity contribution in [3.05, 3.63) is 106 Å². The maximum atomic E-state index is 12.2. The molecule has 0 aliphatic heterocycles. The summed E-state index contributed by atoms with van der Waals surface area (Å²) in [6, 6.07) is 22.0. The van der Waals surface area contributed by atoms with Crippen molar-refractivity contribution in [3.63, 3.8) is 0 Å². The molecule has 0 unspecified atom stereocenters. The van der Waals surface area contributed by atoms with Crippen LogP contribution >= 0.6 is 23.2 Å². The number of hydrogen-bond acceptors (Lipinski definition) is 2. The molecule has 0 fully saturated rings. The summed E-state index contributed by atoms with van der Waals surface area (Å²) in [6.45, 7) is 0.331. The summed E-state index contributed by atoms with van der Waals surface area (Å²) in [4.78, 5) is 12.2. The molecule has 0 heterocycles. The molecule has 4 heteroatoms. The summed E-state index contributed by atoms with van der Waals surface area (Å²) in [6.07, 6.45) is 3.37. The molecule has 130 valence electrons. The van der Waals surface area contributed by atoms with Gasteiger partial charge in [0.15, 0.2) is 5.78 Å². The van der Waals surface area contributed by atoms with E-state index in [-0.39, 0.29) is 5.78 Å². The number of carbonyl (C=O) groups is 1. The molecule has 0 atom stereocenters. The molecule has 3 aromatic carbocycles. The second kappa shape index (κ2) is 8.70. The molecule has 26 heavy (non-hydrogen) atoms. The highest BCUT2D eigenvalue weighted by molar-refractivity contribution is 6.35. The molecule has 0 saturated heterocycles. The highest BCUT2D eigenvalue weighted by Gasteiger charge is 2.05. The van der Waals surface area contributed by atoms with Gasteiger partial charge in [0.25, 0.3) is 0 Å². The lowest BCUT2D eigenvalue weighted by Gasteiger charge is -2.08. The van der Waals surface area contributed by atoms with E-state index >= 15 is 0 Å². The maximum Gasteiger partial charge on any atom is 0.185 e. The van der Waals surface area contributed by atoms with Crippen LogP contribution < -0.4 is 4.74 Å². The van der Waals surface area contributed by atoms with E-state index in [0.717, 1.165) is 11.1 Å². The average molecular weight is 383 g/mol. The zero-order chi connectivity index (χ0) is 18.4. The van der Waals surface area contributed by atoms with Crippen molar-refractivity contribution in [3.8, 4) is 5.75 Å². The highest BCUT2D eigenvalue weighted by Crippen LogP contribution is 2.23. The summed E-state index contributed by atoms with van der Waals surface area (Å²) < 4.78 is 5.72. The van der Waals surface area contributed by atoms with Crippen molar-refractivity contribution < 1.29 is 9.53 Å². The number of ketones is 1. The standard InChI is InChI=1S/C22H16Cl2O2/c23-19-10-7-18(21(24)14-19)15-26-20-11-8-17(9-12-20)22(25)13-6-16-4-2-1-3-5-16/h1-14H,15H2/b13-6+. The van der Waals surface area contributed by atoms with Gasteiger partial charge in [0.2, 0.25) is 0 Å². The first-order chi connectivity index (χ1) is 12.6. The van der Waals surface area contributed by atoms with E-state index in [1.807, 2.05) is 36.4 Å².